The van der Waals surface area contributed by atoms with Gasteiger partial charge in [0.15, 0.2) is 0 Å². The number of ether oxygens (including phenoxy) is 1. The number of nitrogens with two attached hydrogens (primary N) is 1. The monoisotopic (exact) mass is 270 g/mol. The molecule has 0 saturated heterocycles. The lowest BCUT2D eigenvalue weighted by atomic mass is 9.97. The highest BCUT2D eigenvalue weighted by Gasteiger charge is 2.15. The quantitative estimate of drug-likeness (QED) is 0.871. The third-order valence-corrected chi connectivity index (χ3v) is 3.62. The summed E-state index contributed by atoms with van der Waals surface area (Å²) in [6, 6.07) is 12.1. The van der Waals surface area contributed by atoms with E-state index in [1.807, 2.05) is 24.3 Å². The fourth-order valence-corrected chi connectivity index (χ4v) is 2.20. The molecule has 2 N–H and O–H groups in total. The first-order valence-corrected chi connectivity index (χ1v) is 7.11. The standard InChI is InChI=1S/C17H22N2O/c1-3-13(2)15-6-4-5-7-16(15)20-17(12-18)14-8-10-19-11-9-14/h4-11,13,17H,3,12,18H2,1-2H3. The van der Waals surface area contributed by atoms with Crippen molar-refractivity contribution in [2.45, 2.75) is 32.3 Å². The Morgan fingerprint density at radius 2 is 1.85 bits per heavy atom. The number of para-hydroxylation sites is 1. The van der Waals surface area contributed by atoms with Crippen LogP contribution in [-0.4, -0.2) is 11.5 Å². The van der Waals surface area contributed by atoms with Crippen LogP contribution >= 0.6 is 0 Å². The number of hydrogen-bond donors (Lipinski definition) is 1. The normalized spacial score (nSPS) is 13.8. The van der Waals surface area contributed by atoms with E-state index in [2.05, 4.69) is 31.0 Å². The van der Waals surface area contributed by atoms with E-state index in [-0.39, 0.29) is 6.10 Å². The predicted molar refractivity (Wildman–Crippen MR) is 81.8 cm³/mol. The van der Waals surface area contributed by atoms with Crippen molar-refractivity contribution in [2.75, 3.05) is 6.54 Å². The Bertz CT molecular complexity index is 528. The molecule has 2 atom stereocenters. The van der Waals surface area contributed by atoms with Gasteiger partial charge in [0.05, 0.1) is 0 Å². The van der Waals surface area contributed by atoms with Gasteiger partial charge in [-0.2, -0.15) is 0 Å². The van der Waals surface area contributed by atoms with Gasteiger partial charge in [-0.05, 0) is 41.7 Å². The lowest BCUT2D eigenvalue weighted by Gasteiger charge is -2.21. The number of pyridine rings is 1. The first-order chi connectivity index (χ1) is 9.76. The molecule has 0 bridgehead atoms. The van der Waals surface area contributed by atoms with E-state index in [1.165, 1.54) is 5.56 Å². The molecule has 1 aromatic heterocycles. The number of benzene rings is 1. The predicted octanol–water partition coefficient (Wildman–Crippen LogP) is 3.67. The van der Waals surface area contributed by atoms with Crippen molar-refractivity contribution >= 4 is 0 Å². The van der Waals surface area contributed by atoms with Gasteiger partial charge in [-0.25, -0.2) is 0 Å². The van der Waals surface area contributed by atoms with Crippen molar-refractivity contribution in [2.24, 2.45) is 5.73 Å². The van der Waals surface area contributed by atoms with E-state index in [4.69, 9.17) is 10.5 Å². The van der Waals surface area contributed by atoms with Gasteiger partial charge in [-0.3, -0.25) is 4.98 Å². The van der Waals surface area contributed by atoms with Crippen LogP contribution in [0.5, 0.6) is 5.75 Å². The van der Waals surface area contributed by atoms with Crippen LogP contribution in [0.15, 0.2) is 48.8 Å². The first-order valence-electron chi connectivity index (χ1n) is 7.11. The second-order valence-corrected chi connectivity index (χ2v) is 4.97. The van der Waals surface area contributed by atoms with Gasteiger partial charge in [-0.1, -0.05) is 32.0 Å². The van der Waals surface area contributed by atoms with Gasteiger partial charge < -0.3 is 10.5 Å². The lowest BCUT2D eigenvalue weighted by Crippen LogP contribution is -2.19. The topological polar surface area (TPSA) is 48.1 Å². The number of hydrogen-bond acceptors (Lipinski definition) is 3. The summed E-state index contributed by atoms with van der Waals surface area (Å²) in [5.74, 6) is 1.40. The average Bonchev–Trinajstić information content (AvgIpc) is 2.53. The van der Waals surface area contributed by atoms with Crippen molar-refractivity contribution in [1.82, 2.24) is 4.98 Å². The molecule has 0 radical (unpaired) electrons. The maximum atomic E-state index is 6.15. The van der Waals surface area contributed by atoms with Gasteiger partial charge in [0.1, 0.15) is 11.9 Å². The molecule has 106 valence electrons. The summed E-state index contributed by atoms with van der Waals surface area (Å²) in [5.41, 5.74) is 8.16. The summed E-state index contributed by atoms with van der Waals surface area (Å²) in [5, 5.41) is 0. The van der Waals surface area contributed by atoms with Gasteiger partial charge in [-0.15, -0.1) is 0 Å². The van der Waals surface area contributed by atoms with E-state index in [1.54, 1.807) is 12.4 Å². The molecular formula is C17H22N2O. The van der Waals surface area contributed by atoms with Crippen LogP contribution < -0.4 is 10.5 Å². The Kier molecular flexibility index (Phi) is 5.13. The fraction of sp³-hybridized carbons (Fsp3) is 0.353. The van der Waals surface area contributed by atoms with E-state index in [0.29, 0.717) is 12.5 Å². The van der Waals surface area contributed by atoms with Crippen molar-refractivity contribution in [3.8, 4) is 5.75 Å². The molecule has 2 aromatic rings. The SMILES string of the molecule is CCC(C)c1ccccc1OC(CN)c1ccncc1. The molecule has 0 amide bonds. The molecular weight excluding hydrogens is 248 g/mol. The van der Waals surface area contributed by atoms with E-state index >= 15 is 0 Å². The second-order valence-electron chi connectivity index (χ2n) is 4.97. The van der Waals surface area contributed by atoms with Crippen LogP contribution in [0.25, 0.3) is 0 Å². The second kappa shape index (κ2) is 7.06. The van der Waals surface area contributed by atoms with Gasteiger partial charge in [0.2, 0.25) is 0 Å². The van der Waals surface area contributed by atoms with Gasteiger partial charge >= 0.3 is 0 Å². The van der Waals surface area contributed by atoms with Gasteiger partial charge in [0, 0.05) is 18.9 Å². The fourth-order valence-electron chi connectivity index (χ4n) is 2.20. The summed E-state index contributed by atoms with van der Waals surface area (Å²) >= 11 is 0. The number of aromatic nitrogens is 1. The summed E-state index contributed by atoms with van der Waals surface area (Å²) in [6.45, 7) is 4.84. The Labute approximate surface area is 120 Å². The van der Waals surface area contributed by atoms with Gasteiger partial charge in [0.25, 0.3) is 0 Å². The minimum atomic E-state index is -0.136. The molecule has 2 unspecified atom stereocenters. The average molecular weight is 270 g/mol. The molecule has 0 aliphatic carbocycles. The summed E-state index contributed by atoms with van der Waals surface area (Å²) in [7, 11) is 0. The molecule has 1 heterocycles. The minimum absolute atomic E-state index is 0.136. The number of nitrogens with zero attached hydrogens (tertiary/aromatic N) is 1. The molecule has 0 saturated carbocycles. The molecule has 0 spiro atoms. The Morgan fingerprint density at radius 3 is 2.50 bits per heavy atom. The molecule has 0 aliphatic rings. The van der Waals surface area contributed by atoms with Crippen molar-refractivity contribution < 1.29 is 4.74 Å². The molecule has 0 aliphatic heterocycles. The van der Waals surface area contributed by atoms with Crippen molar-refractivity contribution in [1.29, 1.82) is 0 Å². The zero-order valence-corrected chi connectivity index (χ0v) is 12.1. The first kappa shape index (κ1) is 14.5. The maximum Gasteiger partial charge on any atom is 0.136 e. The van der Waals surface area contributed by atoms with Crippen LogP contribution in [0.2, 0.25) is 0 Å². The third-order valence-electron chi connectivity index (χ3n) is 3.62. The van der Waals surface area contributed by atoms with Crippen LogP contribution in [0.4, 0.5) is 0 Å². The Hall–Kier alpha value is -1.87. The molecule has 3 nitrogen and oxygen atoms in total. The smallest absolute Gasteiger partial charge is 0.136 e. The largest absolute Gasteiger partial charge is 0.484 e. The molecule has 1 aromatic carbocycles. The Morgan fingerprint density at radius 1 is 1.15 bits per heavy atom. The van der Waals surface area contributed by atoms with E-state index < -0.39 is 0 Å². The molecule has 0 fully saturated rings. The highest BCUT2D eigenvalue weighted by atomic mass is 16.5. The maximum absolute atomic E-state index is 6.15. The lowest BCUT2D eigenvalue weighted by molar-refractivity contribution is 0.211. The Balaban J connectivity index is 2.24. The van der Waals surface area contributed by atoms with E-state index in [9.17, 15) is 0 Å². The van der Waals surface area contributed by atoms with Crippen LogP contribution in [0.1, 0.15) is 43.4 Å². The van der Waals surface area contributed by atoms with Crippen LogP contribution in [0, 0.1) is 0 Å². The zero-order valence-electron chi connectivity index (χ0n) is 12.1. The summed E-state index contributed by atoms with van der Waals surface area (Å²) in [4.78, 5) is 4.03. The highest BCUT2D eigenvalue weighted by molar-refractivity contribution is 5.36. The molecule has 3 heteroatoms. The van der Waals surface area contributed by atoms with Crippen molar-refractivity contribution in [3.05, 3.63) is 59.9 Å². The third kappa shape index (κ3) is 3.36. The molecule has 20 heavy (non-hydrogen) atoms. The van der Waals surface area contributed by atoms with Crippen LogP contribution in [-0.2, 0) is 0 Å². The van der Waals surface area contributed by atoms with E-state index in [0.717, 1.165) is 17.7 Å². The van der Waals surface area contributed by atoms with Crippen molar-refractivity contribution in [3.63, 3.8) is 0 Å². The highest BCUT2D eigenvalue weighted by Crippen LogP contribution is 2.31. The summed E-state index contributed by atoms with van der Waals surface area (Å²) in [6.07, 6.45) is 4.48. The van der Waals surface area contributed by atoms with Crippen LogP contribution in [0.3, 0.4) is 0 Å². The molecule has 2 rings (SSSR count). The minimum Gasteiger partial charge on any atom is -0.484 e. The zero-order chi connectivity index (χ0) is 14.4. The summed E-state index contributed by atoms with van der Waals surface area (Å²) < 4.78 is 6.15. The number of rotatable bonds is 6.